The fourth-order valence-electron chi connectivity index (χ4n) is 2.29. The molecule has 2 unspecified atom stereocenters. The van der Waals surface area contributed by atoms with Crippen LogP contribution in [-0.2, 0) is 0 Å². The SMILES string of the molecule is Cc1ccc(C(C)NCC(C(C)C)N(C)C)cc1. The zero-order valence-corrected chi connectivity index (χ0v) is 12.7. The van der Waals surface area contributed by atoms with E-state index in [2.05, 4.69) is 76.3 Å². The van der Waals surface area contributed by atoms with Gasteiger partial charge in [-0.05, 0) is 39.4 Å². The van der Waals surface area contributed by atoms with E-state index in [0.29, 0.717) is 18.0 Å². The summed E-state index contributed by atoms with van der Waals surface area (Å²) in [6.07, 6.45) is 0. The monoisotopic (exact) mass is 248 g/mol. The first-order valence-corrected chi connectivity index (χ1v) is 6.88. The number of likely N-dealkylation sites (N-methyl/N-ethyl adjacent to an activating group) is 1. The van der Waals surface area contributed by atoms with Gasteiger partial charge in [0.25, 0.3) is 0 Å². The van der Waals surface area contributed by atoms with Crippen LogP contribution in [0.1, 0.15) is 37.9 Å². The Morgan fingerprint density at radius 2 is 1.61 bits per heavy atom. The van der Waals surface area contributed by atoms with Gasteiger partial charge in [-0.15, -0.1) is 0 Å². The highest BCUT2D eigenvalue weighted by Gasteiger charge is 2.16. The first-order valence-electron chi connectivity index (χ1n) is 6.88. The van der Waals surface area contributed by atoms with E-state index < -0.39 is 0 Å². The molecule has 0 spiro atoms. The van der Waals surface area contributed by atoms with Crippen molar-refractivity contribution in [3.63, 3.8) is 0 Å². The minimum Gasteiger partial charge on any atom is -0.309 e. The highest BCUT2D eigenvalue weighted by Crippen LogP contribution is 2.14. The first kappa shape index (κ1) is 15.2. The maximum atomic E-state index is 3.64. The lowest BCUT2D eigenvalue weighted by Gasteiger charge is -2.29. The standard InChI is InChI=1S/C16H28N2/c1-12(2)16(18(5)6)11-17-14(4)15-9-7-13(3)8-10-15/h7-10,12,14,16-17H,11H2,1-6H3. The minimum atomic E-state index is 0.409. The van der Waals surface area contributed by atoms with E-state index in [0.717, 1.165) is 6.54 Å². The molecule has 1 N–H and O–H groups in total. The van der Waals surface area contributed by atoms with Crippen LogP contribution in [0.5, 0.6) is 0 Å². The summed E-state index contributed by atoms with van der Waals surface area (Å²) in [6, 6.07) is 9.78. The highest BCUT2D eigenvalue weighted by atomic mass is 15.1. The van der Waals surface area contributed by atoms with Gasteiger partial charge in [0.15, 0.2) is 0 Å². The molecule has 2 nitrogen and oxygen atoms in total. The lowest BCUT2D eigenvalue weighted by Crippen LogP contribution is -2.42. The molecule has 2 atom stereocenters. The van der Waals surface area contributed by atoms with E-state index in [1.807, 2.05) is 0 Å². The van der Waals surface area contributed by atoms with Crippen molar-refractivity contribution in [3.05, 3.63) is 35.4 Å². The molecule has 1 aromatic carbocycles. The Bertz CT molecular complexity index is 333. The second-order valence-electron chi connectivity index (χ2n) is 5.82. The van der Waals surface area contributed by atoms with Crippen molar-refractivity contribution in [2.24, 2.45) is 5.92 Å². The van der Waals surface area contributed by atoms with Gasteiger partial charge in [-0.2, -0.15) is 0 Å². The summed E-state index contributed by atoms with van der Waals surface area (Å²) in [7, 11) is 4.31. The Kier molecular flexibility index (Phi) is 5.83. The smallest absolute Gasteiger partial charge is 0.0292 e. The van der Waals surface area contributed by atoms with E-state index >= 15 is 0 Å². The molecule has 0 aliphatic rings. The Labute approximate surface area is 112 Å². The number of hydrogen-bond acceptors (Lipinski definition) is 2. The van der Waals surface area contributed by atoms with Gasteiger partial charge in [-0.3, -0.25) is 0 Å². The molecule has 0 amide bonds. The van der Waals surface area contributed by atoms with Crippen molar-refractivity contribution >= 4 is 0 Å². The van der Waals surface area contributed by atoms with Gasteiger partial charge in [0, 0.05) is 18.6 Å². The molecule has 1 rings (SSSR count). The maximum Gasteiger partial charge on any atom is 0.0292 e. The number of nitrogens with zero attached hydrogens (tertiary/aromatic N) is 1. The third-order valence-electron chi connectivity index (χ3n) is 3.64. The molecule has 0 fully saturated rings. The van der Waals surface area contributed by atoms with E-state index in [1.54, 1.807) is 0 Å². The molecule has 0 heterocycles. The molecule has 0 aromatic heterocycles. The fourth-order valence-corrected chi connectivity index (χ4v) is 2.29. The molecule has 0 aliphatic heterocycles. The molecule has 0 bridgehead atoms. The molecule has 1 aromatic rings. The van der Waals surface area contributed by atoms with E-state index in [4.69, 9.17) is 0 Å². The van der Waals surface area contributed by atoms with Crippen LogP contribution in [0.2, 0.25) is 0 Å². The third kappa shape index (κ3) is 4.43. The van der Waals surface area contributed by atoms with Gasteiger partial charge in [-0.25, -0.2) is 0 Å². The average molecular weight is 248 g/mol. The van der Waals surface area contributed by atoms with Crippen LogP contribution in [0.3, 0.4) is 0 Å². The Hall–Kier alpha value is -0.860. The summed E-state index contributed by atoms with van der Waals surface area (Å²) in [5.41, 5.74) is 2.68. The Morgan fingerprint density at radius 1 is 1.06 bits per heavy atom. The van der Waals surface area contributed by atoms with Crippen LogP contribution < -0.4 is 5.32 Å². The second-order valence-corrected chi connectivity index (χ2v) is 5.82. The van der Waals surface area contributed by atoms with Crippen molar-refractivity contribution in [1.82, 2.24) is 10.2 Å². The molecule has 0 saturated carbocycles. The first-order chi connectivity index (χ1) is 8.41. The zero-order chi connectivity index (χ0) is 13.7. The van der Waals surface area contributed by atoms with Crippen molar-refractivity contribution in [2.75, 3.05) is 20.6 Å². The van der Waals surface area contributed by atoms with Crippen LogP contribution in [0.25, 0.3) is 0 Å². The molecule has 0 saturated heterocycles. The predicted molar refractivity (Wildman–Crippen MR) is 79.9 cm³/mol. The largest absolute Gasteiger partial charge is 0.309 e. The molecule has 2 heteroatoms. The summed E-state index contributed by atoms with van der Waals surface area (Å²) in [5.74, 6) is 0.665. The fraction of sp³-hybridized carbons (Fsp3) is 0.625. The van der Waals surface area contributed by atoms with E-state index in [9.17, 15) is 0 Å². The van der Waals surface area contributed by atoms with Crippen molar-refractivity contribution in [2.45, 2.75) is 39.8 Å². The Morgan fingerprint density at radius 3 is 2.06 bits per heavy atom. The van der Waals surface area contributed by atoms with Crippen molar-refractivity contribution in [3.8, 4) is 0 Å². The summed E-state index contributed by atoms with van der Waals surface area (Å²) in [5, 5.41) is 3.64. The molecule has 18 heavy (non-hydrogen) atoms. The highest BCUT2D eigenvalue weighted by molar-refractivity contribution is 5.23. The summed E-state index contributed by atoms with van der Waals surface area (Å²) < 4.78 is 0. The van der Waals surface area contributed by atoms with Gasteiger partial charge in [0.2, 0.25) is 0 Å². The average Bonchev–Trinajstić information content (AvgIpc) is 2.28. The lowest BCUT2D eigenvalue weighted by molar-refractivity contribution is 0.220. The molecular formula is C16H28N2. The lowest BCUT2D eigenvalue weighted by atomic mass is 10.0. The third-order valence-corrected chi connectivity index (χ3v) is 3.64. The van der Waals surface area contributed by atoms with Crippen molar-refractivity contribution < 1.29 is 0 Å². The van der Waals surface area contributed by atoms with Gasteiger partial charge in [0.1, 0.15) is 0 Å². The quantitative estimate of drug-likeness (QED) is 0.831. The number of aryl methyl sites for hydroxylation is 1. The summed E-state index contributed by atoms with van der Waals surface area (Å²) in [4.78, 5) is 2.31. The topological polar surface area (TPSA) is 15.3 Å². The van der Waals surface area contributed by atoms with Crippen LogP contribution >= 0.6 is 0 Å². The van der Waals surface area contributed by atoms with E-state index in [1.165, 1.54) is 11.1 Å². The number of hydrogen-bond donors (Lipinski definition) is 1. The second kappa shape index (κ2) is 6.91. The number of nitrogens with one attached hydrogen (secondary N) is 1. The van der Waals surface area contributed by atoms with Crippen LogP contribution in [0.15, 0.2) is 24.3 Å². The van der Waals surface area contributed by atoms with Gasteiger partial charge >= 0.3 is 0 Å². The summed E-state index contributed by atoms with van der Waals surface area (Å²) >= 11 is 0. The van der Waals surface area contributed by atoms with Gasteiger partial charge in [-0.1, -0.05) is 43.7 Å². The van der Waals surface area contributed by atoms with Crippen LogP contribution in [0.4, 0.5) is 0 Å². The normalized spacial score (nSPS) is 15.1. The van der Waals surface area contributed by atoms with Gasteiger partial charge < -0.3 is 10.2 Å². The van der Waals surface area contributed by atoms with Crippen molar-refractivity contribution in [1.29, 1.82) is 0 Å². The number of rotatable bonds is 6. The van der Waals surface area contributed by atoms with Gasteiger partial charge in [0.05, 0.1) is 0 Å². The maximum absolute atomic E-state index is 3.64. The Balaban J connectivity index is 2.54. The predicted octanol–water partition coefficient (Wildman–Crippen LogP) is 3.23. The van der Waals surface area contributed by atoms with Crippen LogP contribution in [-0.4, -0.2) is 31.6 Å². The number of benzene rings is 1. The molecule has 102 valence electrons. The van der Waals surface area contributed by atoms with Crippen LogP contribution in [0, 0.1) is 12.8 Å². The molecule has 0 radical (unpaired) electrons. The minimum absolute atomic E-state index is 0.409. The summed E-state index contributed by atoms with van der Waals surface area (Å²) in [6.45, 7) is 9.95. The van der Waals surface area contributed by atoms with E-state index in [-0.39, 0.29) is 0 Å². The zero-order valence-electron chi connectivity index (χ0n) is 12.7. The molecular weight excluding hydrogens is 220 g/mol. The molecule has 0 aliphatic carbocycles.